The van der Waals surface area contributed by atoms with E-state index in [4.69, 9.17) is 5.73 Å². The molecule has 4 heteroatoms. The van der Waals surface area contributed by atoms with Gasteiger partial charge >= 0.3 is 0 Å². The van der Waals surface area contributed by atoms with E-state index in [-0.39, 0.29) is 74.1 Å². The molecule has 0 aliphatic heterocycles. The average molecular weight is 494 g/mol. The molecule has 1 aliphatic carbocycles. The van der Waals surface area contributed by atoms with E-state index >= 15 is 0 Å². The summed E-state index contributed by atoms with van der Waals surface area (Å²) in [6, 6.07) is 0.0288. The Hall–Kier alpha value is 0.902. The Bertz CT molecular complexity index is 294. The average Bonchev–Trinajstić information content (AvgIpc) is 2.60. The van der Waals surface area contributed by atoms with E-state index in [0.717, 1.165) is 31.4 Å². The summed E-state index contributed by atoms with van der Waals surface area (Å²) >= 11 is 0. The van der Waals surface area contributed by atoms with Gasteiger partial charge in [-0.2, -0.15) is 0 Å². The molecular weight excluding hydrogens is 463 g/mol. The van der Waals surface area contributed by atoms with Gasteiger partial charge in [0.15, 0.2) is 0 Å². The van der Waals surface area contributed by atoms with Gasteiger partial charge in [-0.25, -0.2) is 0 Å². The molecule has 0 aromatic rings. The van der Waals surface area contributed by atoms with E-state index in [0.29, 0.717) is 5.92 Å². The van der Waals surface area contributed by atoms with Gasteiger partial charge in [-0.05, 0) is 31.1 Å². The molecule has 0 saturated heterocycles. The van der Waals surface area contributed by atoms with Crippen LogP contribution in [0.15, 0.2) is 12.3 Å². The third-order valence-corrected chi connectivity index (χ3v) is 4.71. The topological polar surface area (TPSA) is 56.1 Å². The van der Waals surface area contributed by atoms with Gasteiger partial charge in [0.1, 0.15) is 0 Å². The van der Waals surface area contributed by atoms with E-state index in [1.165, 1.54) is 0 Å². The second kappa shape index (κ2) is 9.82. The first-order chi connectivity index (χ1) is 8.90. The summed E-state index contributed by atoms with van der Waals surface area (Å²) in [5.74, 6) is 0.916. The van der Waals surface area contributed by atoms with Crippen LogP contribution in [0, 0.1) is 61.8 Å². The van der Waals surface area contributed by atoms with Gasteiger partial charge in [0.05, 0.1) is 6.10 Å². The Morgan fingerprint density at radius 3 is 2.40 bits per heavy atom. The van der Waals surface area contributed by atoms with Crippen molar-refractivity contribution in [2.45, 2.75) is 71.6 Å². The zero-order valence-corrected chi connectivity index (χ0v) is 18.3. The largest absolute Gasteiger partial charge is 0.674 e. The maximum absolute atomic E-state index is 10.4. The molecule has 1 rings (SSSR count). The zero-order valence-electron chi connectivity index (χ0n) is 13.5. The van der Waals surface area contributed by atoms with E-state index in [9.17, 15) is 5.11 Å². The molecule has 0 aromatic carbocycles. The molecule has 1 saturated carbocycles. The Balaban J connectivity index is 0.00000361. The summed E-state index contributed by atoms with van der Waals surface area (Å²) in [5, 5.41) is 13.7. The van der Waals surface area contributed by atoms with Gasteiger partial charge in [0.2, 0.25) is 0 Å². The van der Waals surface area contributed by atoms with Crippen molar-refractivity contribution >= 4 is 0 Å². The van der Waals surface area contributed by atoms with Crippen LogP contribution in [0.3, 0.4) is 0 Å². The Morgan fingerprint density at radius 2 is 1.95 bits per heavy atom. The van der Waals surface area contributed by atoms with Crippen molar-refractivity contribution in [3.63, 3.8) is 0 Å². The normalized spacial score (nSPS) is 30.9. The number of hydrogen-bond donors (Lipinski definition) is 2. The molecule has 0 spiro atoms. The molecule has 1 fully saturated rings. The van der Waals surface area contributed by atoms with Crippen LogP contribution in [0.4, 0.5) is 0 Å². The SMILES string of the molecule is C=C(C)NC1CC(C)C(O)C1C([NH-])CC(CC)CC.[Ac]. The molecule has 0 heterocycles. The Labute approximate surface area is 160 Å². The number of allylic oxidation sites excluding steroid dienone is 1. The predicted octanol–water partition coefficient (Wildman–Crippen LogP) is 3.74. The maximum atomic E-state index is 10.4. The van der Waals surface area contributed by atoms with Crippen LogP contribution in [0.2, 0.25) is 0 Å². The molecule has 5 atom stereocenters. The van der Waals surface area contributed by atoms with E-state index in [1.807, 2.05) is 6.92 Å². The number of aliphatic hydroxyl groups is 1. The first-order valence-electron chi connectivity index (χ1n) is 7.71. The third-order valence-electron chi connectivity index (χ3n) is 4.71. The number of rotatable bonds is 7. The number of hydrogen-bond acceptors (Lipinski definition) is 2. The fourth-order valence-electron chi connectivity index (χ4n) is 3.44. The van der Waals surface area contributed by atoms with Gasteiger partial charge < -0.3 is 16.2 Å². The van der Waals surface area contributed by atoms with Crippen molar-refractivity contribution in [3.05, 3.63) is 18.0 Å². The quantitative estimate of drug-likeness (QED) is 0.567. The van der Waals surface area contributed by atoms with Gasteiger partial charge in [-0.1, -0.05) is 46.6 Å². The summed E-state index contributed by atoms with van der Waals surface area (Å²) in [4.78, 5) is 0. The smallest absolute Gasteiger partial charge is 0.0600 e. The molecule has 5 unspecified atom stereocenters. The van der Waals surface area contributed by atoms with Crippen LogP contribution < -0.4 is 5.32 Å². The number of nitrogens with one attached hydrogen (secondary N) is 2. The molecule has 0 aromatic heterocycles. The summed E-state index contributed by atoms with van der Waals surface area (Å²) in [5.41, 5.74) is 9.41. The van der Waals surface area contributed by atoms with Crippen molar-refractivity contribution in [1.29, 1.82) is 0 Å². The van der Waals surface area contributed by atoms with Crippen LogP contribution in [0.1, 0.15) is 53.4 Å². The molecule has 1 radical (unpaired) electrons. The second-order valence-electron chi connectivity index (χ2n) is 6.34. The summed E-state index contributed by atoms with van der Waals surface area (Å²) in [6.45, 7) is 12.3. The van der Waals surface area contributed by atoms with Crippen LogP contribution in [0.25, 0.3) is 5.73 Å². The second-order valence-corrected chi connectivity index (χ2v) is 6.34. The van der Waals surface area contributed by atoms with E-state index < -0.39 is 0 Å². The summed E-state index contributed by atoms with van der Waals surface area (Å²) in [7, 11) is 0. The molecule has 0 bridgehead atoms. The van der Waals surface area contributed by atoms with Crippen LogP contribution in [0.5, 0.6) is 0 Å². The van der Waals surface area contributed by atoms with Crippen LogP contribution in [-0.2, 0) is 0 Å². The standard InChI is InChI=1S/C16H31N2O.Ac/c1-6-12(7-2)9-13(17)15-14(18-10(3)4)8-11(5)16(15)19;/h11-19H,3,6-9H2,1-2,4-5H3;/q-1;. The third kappa shape index (κ3) is 5.60. The Morgan fingerprint density at radius 1 is 1.40 bits per heavy atom. The first kappa shape index (κ1) is 20.9. The molecule has 3 N–H and O–H groups in total. The fraction of sp³-hybridized carbons (Fsp3) is 0.875. The van der Waals surface area contributed by atoms with Crippen molar-refractivity contribution in [2.75, 3.05) is 0 Å². The van der Waals surface area contributed by atoms with E-state index in [2.05, 4.69) is 32.7 Å². The molecule has 3 nitrogen and oxygen atoms in total. The van der Waals surface area contributed by atoms with E-state index in [1.54, 1.807) is 0 Å². The Kier molecular flexibility index (Phi) is 10.3. The molecule has 0 amide bonds. The fourth-order valence-corrected chi connectivity index (χ4v) is 3.44. The molecular formula is C16H31AcN2O-. The predicted molar refractivity (Wildman–Crippen MR) is 81.8 cm³/mol. The molecule has 115 valence electrons. The summed E-state index contributed by atoms with van der Waals surface area (Å²) < 4.78 is 0. The molecule has 1 aliphatic rings. The van der Waals surface area contributed by atoms with Crippen LogP contribution >= 0.6 is 0 Å². The van der Waals surface area contributed by atoms with Crippen molar-refractivity contribution in [2.24, 2.45) is 17.8 Å². The van der Waals surface area contributed by atoms with Crippen molar-refractivity contribution in [3.8, 4) is 0 Å². The first-order valence-corrected chi connectivity index (χ1v) is 7.71. The minimum Gasteiger partial charge on any atom is -0.674 e. The monoisotopic (exact) mass is 494 g/mol. The van der Waals surface area contributed by atoms with Gasteiger partial charge in [-0.15, -0.1) is 6.04 Å². The van der Waals surface area contributed by atoms with Crippen LogP contribution in [-0.4, -0.2) is 23.3 Å². The zero-order chi connectivity index (χ0) is 14.6. The minimum atomic E-state index is -0.353. The maximum Gasteiger partial charge on any atom is 0.0600 e. The van der Waals surface area contributed by atoms with Crippen molar-refractivity contribution < 1.29 is 49.2 Å². The van der Waals surface area contributed by atoms with Gasteiger partial charge in [-0.3, -0.25) is 0 Å². The number of aliphatic hydroxyl groups excluding tert-OH is 1. The van der Waals surface area contributed by atoms with Gasteiger partial charge in [0.25, 0.3) is 0 Å². The minimum absolute atomic E-state index is 0. The molecule has 20 heavy (non-hydrogen) atoms. The summed E-state index contributed by atoms with van der Waals surface area (Å²) in [6.07, 6.45) is 3.74. The van der Waals surface area contributed by atoms with Gasteiger partial charge in [0, 0.05) is 55.8 Å². The van der Waals surface area contributed by atoms with Crippen molar-refractivity contribution in [1.82, 2.24) is 5.32 Å².